The summed E-state index contributed by atoms with van der Waals surface area (Å²) < 4.78 is 26.1. The minimum Gasteiger partial charge on any atom is -0.294 e. The summed E-state index contributed by atoms with van der Waals surface area (Å²) in [4.78, 5) is 15.6. The summed E-state index contributed by atoms with van der Waals surface area (Å²) in [6, 6.07) is 3.44. The van der Waals surface area contributed by atoms with E-state index < -0.39 is 11.6 Å². The van der Waals surface area contributed by atoms with Crippen LogP contribution in [-0.4, -0.2) is 10.8 Å². The lowest BCUT2D eigenvalue weighted by molar-refractivity contribution is 0.102. The fourth-order valence-electron chi connectivity index (χ4n) is 1.38. The molecule has 2 nitrogen and oxygen atoms in total. The number of halogens is 2. The second-order valence-corrected chi connectivity index (χ2v) is 4.70. The minimum absolute atomic E-state index is 0.0617. The van der Waals surface area contributed by atoms with Crippen molar-refractivity contribution in [2.24, 2.45) is 0 Å². The van der Waals surface area contributed by atoms with E-state index in [1.807, 2.05) is 0 Å². The third-order valence-corrected chi connectivity index (χ3v) is 3.36. The maximum absolute atomic E-state index is 13.4. The zero-order valence-electron chi connectivity index (χ0n) is 9.04. The topological polar surface area (TPSA) is 30.0 Å². The Morgan fingerprint density at radius 3 is 2.76 bits per heavy atom. The third-order valence-electron chi connectivity index (χ3n) is 2.26. The second-order valence-electron chi connectivity index (χ2n) is 3.59. The smallest absolute Gasteiger partial charge is 0.171 e. The summed E-state index contributed by atoms with van der Waals surface area (Å²) in [7, 11) is 0. The quantitative estimate of drug-likeness (QED) is 0.786. The van der Waals surface area contributed by atoms with Gasteiger partial charge < -0.3 is 0 Å². The van der Waals surface area contributed by atoms with Gasteiger partial charge in [-0.25, -0.2) is 13.8 Å². The van der Waals surface area contributed by atoms with Crippen molar-refractivity contribution >= 4 is 17.1 Å². The van der Waals surface area contributed by atoms with Crippen LogP contribution in [0.1, 0.15) is 27.2 Å². The van der Waals surface area contributed by atoms with E-state index in [9.17, 15) is 13.6 Å². The van der Waals surface area contributed by atoms with Gasteiger partial charge in [0.2, 0.25) is 0 Å². The largest absolute Gasteiger partial charge is 0.294 e. The van der Waals surface area contributed by atoms with Gasteiger partial charge in [0, 0.05) is 25.6 Å². The molecule has 1 heterocycles. The molecule has 0 spiro atoms. The van der Waals surface area contributed by atoms with Crippen LogP contribution in [-0.2, 0) is 6.42 Å². The molecule has 0 amide bonds. The van der Waals surface area contributed by atoms with Crippen LogP contribution in [0.25, 0.3) is 0 Å². The first-order chi connectivity index (χ1) is 8.06. The number of nitrogens with zero attached hydrogens (tertiary/aromatic N) is 1. The van der Waals surface area contributed by atoms with Crippen molar-refractivity contribution < 1.29 is 13.6 Å². The van der Waals surface area contributed by atoms with E-state index in [0.717, 1.165) is 6.07 Å². The number of ketones is 1. The first kappa shape index (κ1) is 11.9. The average Bonchev–Trinajstić information content (AvgIpc) is 2.71. The van der Waals surface area contributed by atoms with Crippen LogP contribution in [0.15, 0.2) is 24.4 Å². The predicted octanol–water partition coefficient (Wildman–Crippen LogP) is 3.21. The van der Waals surface area contributed by atoms with E-state index in [0.29, 0.717) is 15.4 Å². The number of aromatic nitrogens is 1. The number of carbonyl (C=O) groups excluding carboxylic acids is 1. The molecule has 1 aromatic heterocycles. The highest BCUT2D eigenvalue weighted by atomic mass is 32.1. The molecule has 0 atom stereocenters. The molecule has 0 saturated carbocycles. The zero-order chi connectivity index (χ0) is 12.4. The van der Waals surface area contributed by atoms with Crippen molar-refractivity contribution in [3.8, 4) is 0 Å². The standard InChI is InChI=1S/C12H9F2NOS/c1-7(16)11-6-15-12(17-11)4-8-2-3-9(13)5-10(8)14/h2-3,5-6H,4H2,1H3. The third kappa shape index (κ3) is 2.74. The van der Waals surface area contributed by atoms with Crippen molar-refractivity contribution in [1.82, 2.24) is 4.98 Å². The fourth-order valence-corrected chi connectivity index (χ4v) is 2.22. The first-order valence-corrected chi connectivity index (χ1v) is 5.77. The Bertz CT molecular complexity index is 565. The second kappa shape index (κ2) is 4.71. The lowest BCUT2D eigenvalue weighted by Gasteiger charge is -2.00. The van der Waals surface area contributed by atoms with Crippen LogP contribution in [0.2, 0.25) is 0 Å². The van der Waals surface area contributed by atoms with Crippen LogP contribution in [0.5, 0.6) is 0 Å². The van der Waals surface area contributed by atoms with Gasteiger partial charge in [-0.3, -0.25) is 4.79 Å². The highest BCUT2D eigenvalue weighted by Crippen LogP contribution is 2.19. The van der Waals surface area contributed by atoms with Gasteiger partial charge in [-0.05, 0) is 11.6 Å². The summed E-state index contributed by atoms with van der Waals surface area (Å²) >= 11 is 1.23. The lowest BCUT2D eigenvalue weighted by atomic mass is 10.1. The molecule has 17 heavy (non-hydrogen) atoms. The van der Waals surface area contributed by atoms with Crippen LogP contribution in [0.4, 0.5) is 8.78 Å². The van der Waals surface area contributed by atoms with Crippen molar-refractivity contribution in [1.29, 1.82) is 0 Å². The number of thiazole rings is 1. The minimum atomic E-state index is -0.602. The van der Waals surface area contributed by atoms with Crippen LogP contribution in [0.3, 0.4) is 0 Å². The van der Waals surface area contributed by atoms with Gasteiger partial charge in [0.25, 0.3) is 0 Å². The molecule has 2 aromatic rings. The maximum atomic E-state index is 13.4. The van der Waals surface area contributed by atoms with E-state index in [2.05, 4.69) is 4.98 Å². The van der Waals surface area contributed by atoms with Crippen molar-refractivity contribution in [2.45, 2.75) is 13.3 Å². The molecule has 0 aliphatic carbocycles. The van der Waals surface area contributed by atoms with Gasteiger partial charge >= 0.3 is 0 Å². The molecule has 0 aliphatic rings. The Morgan fingerprint density at radius 2 is 2.18 bits per heavy atom. The van der Waals surface area contributed by atoms with Crippen molar-refractivity contribution in [2.75, 3.05) is 0 Å². The average molecular weight is 253 g/mol. The maximum Gasteiger partial charge on any atom is 0.171 e. The highest BCUT2D eigenvalue weighted by molar-refractivity contribution is 7.13. The molecule has 0 saturated heterocycles. The Hall–Kier alpha value is -1.62. The van der Waals surface area contributed by atoms with Crippen LogP contribution >= 0.6 is 11.3 Å². The van der Waals surface area contributed by atoms with Gasteiger partial charge in [0.1, 0.15) is 11.6 Å². The molecule has 0 bridgehead atoms. The van der Waals surface area contributed by atoms with Crippen molar-refractivity contribution in [3.05, 3.63) is 51.5 Å². The molecule has 0 unspecified atom stereocenters. The molecule has 0 radical (unpaired) electrons. The summed E-state index contributed by atoms with van der Waals surface area (Å²) in [6.07, 6.45) is 1.74. The van der Waals surface area contributed by atoms with Crippen LogP contribution < -0.4 is 0 Å². The van der Waals surface area contributed by atoms with Gasteiger partial charge in [-0.1, -0.05) is 6.07 Å². The van der Waals surface area contributed by atoms with Gasteiger partial charge in [-0.15, -0.1) is 11.3 Å². The zero-order valence-corrected chi connectivity index (χ0v) is 9.85. The molecule has 0 aliphatic heterocycles. The number of Topliss-reactive ketones (excluding diaryl/α,β-unsaturated/α-hetero) is 1. The van der Waals surface area contributed by atoms with Crippen molar-refractivity contribution in [3.63, 3.8) is 0 Å². The number of benzene rings is 1. The van der Waals surface area contributed by atoms with E-state index in [1.165, 1.54) is 36.6 Å². The number of carbonyl (C=O) groups is 1. The van der Waals surface area contributed by atoms with Gasteiger partial charge in [-0.2, -0.15) is 0 Å². The SMILES string of the molecule is CC(=O)c1cnc(Cc2ccc(F)cc2F)s1. The first-order valence-electron chi connectivity index (χ1n) is 4.96. The number of hydrogen-bond acceptors (Lipinski definition) is 3. The molecule has 0 fully saturated rings. The van der Waals surface area contributed by atoms with E-state index in [1.54, 1.807) is 0 Å². The number of rotatable bonds is 3. The molecular formula is C12H9F2NOS. The summed E-state index contributed by atoms with van der Waals surface area (Å²) in [5.74, 6) is -1.26. The Morgan fingerprint density at radius 1 is 1.41 bits per heavy atom. The molecule has 2 rings (SSSR count). The van der Waals surface area contributed by atoms with E-state index in [4.69, 9.17) is 0 Å². The molecular weight excluding hydrogens is 244 g/mol. The molecule has 1 aromatic carbocycles. The van der Waals surface area contributed by atoms with E-state index >= 15 is 0 Å². The highest BCUT2D eigenvalue weighted by Gasteiger charge is 2.09. The monoisotopic (exact) mass is 253 g/mol. The fraction of sp³-hybridized carbons (Fsp3) is 0.167. The van der Waals surface area contributed by atoms with Gasteiger partial charge in [0.15, 0.2) is 5.78 Å². The molecule has 0 N–H and O–H groups in total. The molecule has 88 valence electrons. The normalized spacial score (nSPS) is 10.5. The Labute approximate surface area is 101 Å². The summed E-state index contributed by atoms with van der Waals surface area (Å²) in [5, 5.41) is 0.640. The Balaban J connectivity index is 2.22. The summed E-state index contributed by atoms with van der Waals surface area (Å²) in [5.41, 5.74) is 0.371. The van der Waals surface area contributed by atoms with Gasteiger partial charge in [0.05, 0.1) is 9.88 Å². The van der Waals surface area contributed by atoms with E-state index in [-0.39, 0.29) is 12.2 Å². The number of hydrogen-bond donors (Lipinski definition) is 0. The Kier molecular flexibility index (Phi) is 3.28. The van der Waals surface area contributed by atoms with Crippen LogP contribution in [0, 0.1) is 11.6 Å². The molecule has 5 heteroatoms. The summed E-state index contributed by atoms with van der Waals surface area (Å²) in [6.45, 7) is 1.45. The lowest BCUT2D eigenvalue weighted by Crippen LogP contribution is -1.92. The predicted molar refractivity (Wildman–Crippen MR) is 61.3 cm³/mol.